The summed E-state index contributed by atoms with van der Waals surface area (Å²) in [5.74, 6) is -0.187. The predicted molar refractivity (Wildman–Crippen MR) is 79.4 cm³/mol. The maximum Gasteiger partial charge on any atom is 0.327 e. The highest BCUT2D eigenvalue weighted by Crippen LogP contribution is 2.12. The monoisotopic (exact) mass is 273 g/mol. The highest BCUT2D eigenvalue weighted by Gasteiger charge is 2.35. The van der Waals surface area contributed by atoms with E-state index in [9.17, 15) is 4.79 Å². The van der Waals surface area contributed by atoms with E-state index >= 15 is 0 Å². The number of carbonyl (C=O) groups is 1. The van der Waals surface area contributed by atoms with Crippen LogP contribution in [0.2, 0.25) is 0 Å². The molecule has 5 heteroatoms. The van der Waals surface area contributed by atoms with Gasteiger partial charge in [0.2, 0.25) is 0 Å². The van der Waals surface area contributed by atoms with Gasteiger partial charge in [0.15, 0.2) is 0 Å². The van der Waals surface area contributed by atoms with Crippen molar-refractivity contribution in [2.75, 3.05) is 47.4 Å². The summed E-state index contributed by atoms with van der Waals surface area (Å²) in [5, 5.41) is 3.11. The van der Waals surface area contributed by atoms with Crippen LogP contribution >= 0.6 is 0 Å². The molecule has 19 heavy (non-hydrogen) atoms. The zero-order chi connectivity index (χ0) is 15.1. The Hall–Kier alpha value is -0.650. The van der Waals surface area contributed by atoms with Gasteiger partial charge in [0, 0.05) is 19.1 Å². The van der Waals surface area contributed by atoms with Crippen LogP contribution in [-0.4, -0.2) is 74.7 Å². The molecule has 1 N–H and O–H groups in total. The first-order valence-electron chi connectivity index (χ1n) is 7.05. The van der Waals surface area contributed by atoms with Crippen molar-refractivity contribution >= 4 is 5.97 Å². The summed E-state index contributed by atoms with van der Waals surface area (Å²) in [5.41, 5.74) is -0.660. The van der Waals surface area contributed by atoms with Gasteiger partial charge in [-0.05, 0) is 48.5 Å². The van der Waals surface area contributed by atoms with Crippen molar-refractivity contribution in [3.63, 3.8) is 0 Å². The third-order valence-electron chi connectivity index (χ3n) is 3.46. The number of carbonyl (C=O) groups excluding carboxylic acids is 1. The summed E-state index contributed by atoms with van der Waals surface area (Å²) in [7, 11) is 5.93. The Morgan fingerprint density at radius 2 is 1.95 bits per heavy atom. The number of ether oxygens (including phenoxy) is 1. The van der Waals surface area contributed by atoms with Gasteiger partial charge in [-0.3, -0.25) is 9.69 Å². The second kappa shape index (κ2) is 8.51. The zero-order valence-corrected chi connectivity index (χ0v) is 13.6. The molecule has 0 saturated carbocycles. The van der Waals surface area contributed by atoms with E-state index in [1.54, 1.807) is 7.05 Å². The Bertz CT molecular complexity index is 271. The summed E-state index contributed by atoms with van der Waals surface area (Å²) in [4.78, 5) is 16.5. The van der Waals surface area contributed by atoms with E-state index in [4.69, 9.17) is 4.74 Å². The topological polar surface area (TPSA) is 44.8 Å². The van der Waals surface area contributed by atoms with Crippen molar-refractivity contribution in [1.82, 2.24) is 15.1 Å². The summed E-state index contributed by atoms with van der Waals surface area (Å²) >= 11 is 0. The Morgan fingerprint density at radius 3 is 2.32 bits per heavy atom. The first-order chi connectivity index (χ1) is 8.80. The lowest BCUT2D eigenvalue weighted by molar-refractivity contribution is -0.151. The van der Waals surface area contributed by atoms with E-state index in [0.717, 1.165) is 13.1 Å². The SMILES string of the molecule is CCOC(=O)C(C)(CN(CC)C(C)CN(C)C)NC. The third kappa shape index (κ3) is 5.89. The summed E-state index contributed by atoms with van der Waals surface area (Å²) < 4.78 is 5.17. The van der Waals surface area contributed by atoms with E-state index < -0.39 is 5.54 Å². The molecular formula is C14H31N3O2. The largest absolute Gasteiger partial charge is 0.465 e. The van der Waals surface area contributed by atoms with Gasteiger partial charge in [0.25, 0.3) is 0 Å². The molecule has 0 aromatic carbocycles. The average Bonchev–Trinajstić information content (AvgIpc) is 2.34. The molecule has 0 rings (SSSR count). The zero-order valence-electron chi connectivity index (χ0n) is 13.6. The number of nitrogens with one attached hydrogen (secondary N) is 1. The summed E-state index contributed by atoms with van der Waals surface area (Å²) in [6.07, 6.45) is 0. The molecule has 2 unspecified atom stereocenters. The van der Waals surface area contributed by atoms with Crippen molar-refractivity contribution in [1.29, 1.82) is 0 Å². The van der Waals surface area contributed by atoms with Crippen molar-refractivity contribution in [2.24, 2.45) is 0 Å². The number of esters is 1. The van der Waals surface area contributed by atoms with Gasteiger partial charge in [-0.2, -0.15) is 0 Å². The lowest BCUT2D eigenvalue weighted by Crippen LogP contribution is -2.58. The van der Waals surface area contributed by atoms with Crippen molar-refractivity contribution < 1.29 is 9.53 Å². The van der Waals surface area contributed by atoms with Crippen LogP contribution in [0.15, 0.2) is 0 Å². The molecule has 114 valence electrons. The van der Waals surface area contributed by atoms with Gasteiger partial charge < -0.3 is 15.0 Å². The molecule has 0 aromatic heterocycles. The van der Waals surface area contributed by atoms with E-state index in [-0.39, 0.29) is 5.97 Å². The fourth-order valence-corrected chi connectivity index (χ4v) is 2.17. The molecule has 0 aliphatic carbocycles. The first kappa shape index (κ1) is 18.4. The minimum atomic E-state index is -0.660. The van der Waals surface area contributed by atoms with Crippen LogP contribution in [0, 0.1) is 0 Å². The Morgan fingerprint density at radius 1 is 1.37 bits per heavy atom. The lowest BCUT2D eigenvalue weighted by atomic mass is 10.0. The molecule has 0 fully saturated rings. The highest BCUT2D eigenvalue weighted by atomic mass is 16.5. The van der Waals surface area contributed by atoms with Crippen LogP contribution < -0.4 is 5.32 Å². The molecule has 0 bridgehead atoms. The molecule has 0 aliphatic heterocycles. The Kier molecular flexibility index (Phi) is 8.22. The van der Waals surface area contributed by atoms with Gasteiger partial charge in [0.05, 0.1) is 6.61 Å². The molecule has 2 atom stereocenters. The van der Waals surface area contributed by atoms with Crippen molar-refractivity contribution in [3.8, 4) is 0 Å². The van der Waals surface area contributed by atoms with Crippen LogP contribution in [0.1, 0.15) is 27.7 Å². The number of rotatable bonds is 9. The average molecular weight is 273 g/mol. The van der Waals surface area contributed by atoms with Crippen LogP contribution in [0.4, 0.5) is 0 Å². The first-order valence-corrected chi connectivity index (χ1v) is 7.05. The standard InChI is InChI=1S/C14H31N3O2/c1-8-17(12(3)10-16(6)7)11-14(4,15-5)13(18)19-9-2/h12,15H,8-11H2,1-7H3. The lowest BCUT2D eigenvalue weighted by Gasteiger charge is -2.37. The summed E-state index contributed by atoms with van der Waals surface area (Å²) in [6.45, 7) is 11.0. The van der Waals surface area contributed by atoms with Crippen molar-refractivity contribution in [3.05, 3.63) is 0 Å². The molecule has 0 aliphatic rings. The Labute approximate surface area is 118 Å². The molecule has 0 heterocycles. The molecular weight excluding hydrogens is 242 g/mol. The summed E-state index contributed by atoms with van der Waals surface area (Å²) in [6, 6.07) is 0.391. The van der Waals surface area contributed by atoms with Crippen LogP contribution in [0.25, 0.3) is 0 Å². The van der Waals surface area contributed by atoms with E-state index in [1.807, 2.05) is 13.8 Å². The van der Waals surface area contributed by atoms with Crippen LogP contribution in [0.5, 0.6) is 0 Å². The van der Waals surface area contributed by atoms with Crippen molar-refractivity contribution in [2.45, 2.75) is 39.3 Å². The molecule has 0 aromatic rings. The maximum absolute atomic E-state index is 12.1. The molecule has 5 nitrogen and oxygen atoms in total. The van der Waals surface area contributed by atoms with Crippen LogP contribution in [-0.2, 0) is 9.53 Å². The molecule has 0 amide bonds. The smallest absolute Gasteiger partial charge is 0.327 e. The fraction of sp³-hybridized carbons (Fsp3) is 0.929. The highest BCUT2D eigenvalue weighted by molar-refractivity contribution is 5.80. The van der Waals surface area contributed by atoms with Gasteiger partial charge in [-0.25, -0.2) is 0 Å². The third-order valence-corrected chi connectivity index (χ3v) is 3.46. The molecule has 0 spiro atoms. The van der Waals surface area contributed by atoms with Crippen LogP contribution in [0.3, 0.4) is 0 Å². The van der Waals surface area contributed by atoms with Gasteiger partial charge in [-0.1, -0.05) is 6.92 Å². The Balaban J connectivity index is 4.75. The van der Waals surface area contributed by atoms with Gasteiger partial charge >= 0.3 is 5.97 Å². The maximum atomic E-state index is 12.1. The van der Waals surface area contributed by atoms with Gasteiger partial charge in [-0.15, -0.1) is 0 Å². The minimum absolute atomic E-state index is 0.187. The fourth-order valence-electron chi connectivity index (χ4n) is 2.17. The van der Waals surface area contributed by atoms with E-state index in [1.165, 1.54) is 0 Å². The van der Waals surface area contributed by atoms with E-state index in [2.05, 4.69) is 43.1 Å². The normalized spacial score (nSPS) is 16.5. The second-order valence-electron chi connectivity index (χ2n) is 5.48. The molecule has 0 radical (unpaired) electrons. The molecule has 0 saturated heterocycles. The number of hydrogen-bond donors (Lipinski definition) is 1. The number of nitrogens with zero attached hydrogens (tertiary/aromatic N) is 2. The quantitative estimate of drug-likeness (QED) is 0.630. The predicted octanol–water partition coefficient (Wildman–Crippen LogP) is 0.800. The number of hydrogen-bond acceptors (Lipinski definition) is 5. The number of likely N-dealkylation sites (N-methyl/N-ethyl adjacent to an activating group) is 3. The van der Waals surface area contributed by atoms with E-state index in [0.29, 0.717) is 19.2 Å². The minimum Gasteiger partial charge on any atom is -0.465 e. The van der Waals surface area contributed by atoms with Gasteiger partial charge in [0.1, 0.15) is 5.54 Å². The second-order valence-corrected chi connectivity index (χ2v) is 5.48.